The van der Waals surface area contributed by atoms with E-state index in [1.165, 1.54) is 12.1 Å². The molecule has 0 saturated carbocycles. The number of hydrogen-bond acceptors (Lipinski definition) is 3. The molecule has 0 N–H and O–H groups in total. The van der Waals surface area contributed by atoms with Gasteiger partial charge in [0.25, 0.3) is 15.0 Å². The summed E-state index contributed by atoms with van der Waals surface area (Å²) in [4.78, 5) is 13.9. The van der Waals surface area contributed by atoms with Crippen LogP contribution in [0.5, 0.6) is 0 Å². The highest BCUT2D eigenvalue weighted by atomic mass is 79.9. The predicted octanol–water partition coefficient (Wildman–Crippen LogP) is 3.51. The number of carbonyl (C=O) groups is 1. The van der Waals surface area contributed by atoms with Crippen molar-refractivity contribution in [3.05, 3.63) is 27.2 Å². The fourth-order valence-electron chi connectivity index (χ4n) is 2.17. The van der Waals surface area contributed by atoms with Gasteiger partial charge in [0.15, 0.2) is 0 Å². The molecule has 0 aliphatic carbocycles. The van der Waals surface area contributed by atoms with E-state index in [1.54, 1.807) is 4.90 Å². The summed E-state index contributed by atoms with van der Waals surface area (Å²) in [5.74, 6) is 0.165. The maximum Gasteiger partial charge on any atom is 0.262 e. The van der Waals surface area contributed by atoms with E-state index in [2.05, 4.69) is 22.9 Å². The highest BCUT2D eigenvalue weighted by Crippen LogP contribution is 2.32. The first kappa shape index (κ1) is 16.1. The standard InChI is InChI=1S/C12H12BrCl2NO3S/c1-7-2-3-16(6-7)12(17)8-4-11(20(15,18)19)9(13)5-10(8)14/h4-5,7H,2-3,6H2,1H3. The summed E-state index contributed by atoms with van der Waals surface area (Å²) in [6, 6.07) is 2.60. The highest BCUT2D eigenvalue weighted by molar-refractivity contribution is 9.10. The zero-order valence-corrected chi connectivity index (χ0v) is 14.5. The van der Waals surface area contributed by atoms with Crippen LogP contribution in [0, 0.1) is 5.92 Å². The molecule has 1 amide bonds. The highest BCUT2D eigenvalue weighted by Gasteiger charge is 2.27. The van der Waals surface area contributed by atoms with Gasteiger partial charge in [-0.2, -0.15) is 0 Å². The summed E-state index contributed by atoms with van der Waals surface area (Å²) >= 11 is 9.13. The van der Waals surface area contributed by atoms with Crippen LogP contribution in [0.1, 0.15) is 23.7 Å². The Labute approximate surface area is 135 Å². The predicted molar refractivity (Wildman–Crippen MR) is 81.9 cm³/mol. The lowest BCUT2D eigenvalue weighted by molar-refractivity contribution is 0.0788. The minimum Gasteiger partial charge on any atom is -0.338 e. The van der Waals surface area contributed by atoms with Crippen molar-refractivity contribution in [2.24, 2.45) is 5.92 Å². The van der Waals surface area contributed by atoms with Gasteiger partial charge in [0.2, 0.25) is 0 Å². The van der Waals surface area contributed by atoms with Gasteiger partial charge in [-0.25, -0.2) is 8.42 Å². The van der Waals surface area contributed by atoms with Crippen LogP contribution in [0.25, 0.3) is 0 Å². The molecule has 1 aromatic rings. The molecule has 0 aromatic heterocycles. The Morgan fingerprint density at radius 2 is 2.10 bits per heavy atom. The van der Waals surface area contributed by atoms with Crippen LogP contribution in [-0.4, -0.2) is 32.3 Å². The second kappa shape index (κ2) is 5.83. The zero-order valence-electron chi connectivity index (χ0n) is 10.6. The molecule has 1 heterocycles. The van der Waals surface area contributed by atoms with Crippen molar-refractivity contribution in [3.63, 3.8) is 0 Å². The minimum atomic E-state index is -3.94. The fourth-order valence-corrected chi connectivity index (χ4v) is 4.74. The van der Waals surface area contributed by atoms with Crippen LogP contribution in [0.2, 0.25) is 5.02 Å². The Kier molecular flexibility index (Phi) is 4.69. The normalized spacial score (nSPS) is 19.4. The quantitative estimate of drug-likeness (QED) is 0.713. The molecule has 1 aliphatic rings. The van der Waals surface area contributed by atoms with Gasteiger partial charge in [0.1, 0.15) is 0 Å². The Balaban J connectivity index is 2.44. The number of rotatable bonds is 2. The maximum absolute atomic E-state index is 12.4. The average molecular weight is 401 g/mol. The van der Waals surface area contributed by atoms with Crippen LogP contribution in [0.4, 0.5) is 0 Å². The zero-order chi connectivity index (χ0) is 15.1. The Morgan fingerprint density at radius 1 is 1.45 bits per heavy atom. The second-order valence-electron chi connectivity index (χ2n) is 4.85. The van der Waals surface area contributed by atoms with E-state index in [9.17, 15) is 13.2 Å². The number of nitrogens with zero attached hydrogens (tertiary/aromatic N) is 1. The van der Waals surface area contributed by atoms with Gasteiger partial charge in [0, 0.05) is 28.2 Å². The third kappa shape index (κ3) is 3.30. The molecule has 1 aromatic carbocycles. The smallest absolute Gasteiger partial charge is 0.262 e. The van der Waals surface area contributed by atoms with E-state index in [4.69, 9.17) is 22.3 Å². The van der Waals surface area contributed by atoms with Crippen LogP contribution < -0.4 is 0 Å². The molecule has 0 spiro atoms. The molecule has 2 rings (SSSR count). The van der Waals surface area contributed by atoms with Crippen LogP contribution in [0.15, 0.2) is 21.5 Å². The number of halogens is 3. The van der Waals surface area contributed by atoms with Crippen molar-refractivity contribution in [1.29, 1.82) is 0 Å². The molecule has 1 aliphatic heterocycles. The number of carbonyl (C=O) groups excluding carboxylic acids is 1. The minimum absolute atomic E-state index is 0.154. The molecule has 0 radical (unpaired) electrons. The van der Waals surface area contributed by atoms with E-state index in [0.717, 1.165) is 6.42 Å². The number of hydrogen-bond donors (Lipinski definition) is 0. The summed E-state index contributed by atoms with van der Waals surface area (Å²) in [6.45, 7) is 3.36. The monoisotopic (exact) mass is 399 g/mol. The van der Waals surface area contributed by atoms with E-state index in [1.807, 2.05) is 0 Å². The molecule has 0 bridgehead atoms. The molecule has 1 fully saturated rings. The Morgan fingerprint density at radius 3 is 2.60 bits per heavy atom. The average Bonchev–Trinajstić information content (AvgIpc) is 2.73. The van der Waals surface area contributed by atoms with E-state index >= 15 is 0 Å². The largest absolute Gasteiger partial charge is 0.338 e. The Bertz CT molecular complexity index is 663. The molecule has 110 valence electrons. The first-order valence-electron chi connectivity index (χ1n) is 5.93. The van der Waals surface area contributed by atoms with Crippen molar-refractivity contribution >= 4 is 53.2 Å². The van der Waals surface area contributed by atoms with Crippen molar-refractivity contribution < 1.29 is 13.2 Å². The summed E-state index contributed by atoms with van der Waals surface area (Å²) in [6.07, 6.45) is 0.931. The van der Waals surface area contributed by atoms with Crippen LogP contribution in [0.3, 0.4) is 0 Å². The van der Waals surface area contributed by atoms with Crippen molar-refractivity contribution in [2.45, 2.75) is 18.2 Å². The van der Waals surface area contributed by atoms with Gasteiger partial charge >= 0.3 is 0 Å². The van der Waals surface area contributed by atoms with Gasteiger partial charge in [-0.3, -0.25) is 4.79 Å². The summed E-state index contributed by atoms with van der Waals surface area (Å²) in [5, 5.41) is 0.200. The SMILES string of the molecule is CC1CCN(C(=O)c2cc(S(=O)(=O)Cl)c(Br)cc2Cl)C1. The first-order valence-corrected chi connectivity index (χ1v) is 9.41. The molecule has 8 heteroatoms. The topological polar surface area (TPSA) is 54.5 Å². The van der Waals surface area contributed by atoms with Crippen LogP contribution >= 0.6 is 38.2 Å². The molecule has 20 heavy (non-hydrogen) atoms. The van der Waals surface area contributed by atoms with E-state index in [0.29, 0.717) is 19.0 Å². The van der Waals surface area contributed by atoms with E-state index in [-0.39, 0.29) is 25.9 Å². The molecular weight excluding hydrogens is 389 g/mol. The third-order valence-electron chi connectivity index (χ3n) is 3.23. The van der Waals surface area contributed by atoms with Gasteiger partial charge in [-0.15, -0.1) is 0 Å². The Hall–Kier alpha value is -0.300. The second-order valence-corrected chi connectivity index (χ2v) is 8.64. The molecular formula is C12H12BrCl2NO3S. The molecule has 1 saturated heterocycles. The van der Waals surface area contributed by atoms with Gasteiger partial charge in [-0.1, -0.05) is 18.5 Å². The number of likely N-dealkylation sites (tertiary alicyclic amines) is 1. The van der Waals surface area contributed by atoms with Gasteiger partial charge in [0.05, 0.1) is 15.5 Å². The van der Waals surface area contributed by atoms with Crippen molar-refractivity contribution in [1.82, 2.24) is 4.90 Å². The molecule has 1 atom stereocenters. The molecule has 1 unspecified atom stereocenters. The van der Waals surface area contributed by atoms with Gasteiger partial charge in [-0.05, 0) is 40.4 Å². The summed E-state index contributed by atoms with van der Waals surface area (Å²) in [5.41, 5.74) is 0.156. The molecule has 4 nitrogen and oxygen atoms in total. The number of amides is 1. The first-order chi connectivity index (χ1) is 9.20. The maximum atomic E-state index is 12.4. The van der Waals surface area contributed by atoms with Crippen LogP contribution in [-0.2, 0) is 9.05 Å². The lowest BCUT2D eigenvalue weighted by Crippen LogP contribution is -2.28. The lowest BCUT2D eigenvalue weighted by Gasteiger charge is -2.17. The van der Waals surface area contributed by atoms with E-state index < -0.39 is 9.05 Å². The lowest BCUT2D eigenvalue weighted by atomic mass is 10.2. The summed E-state index contributed by atoms with van der Waals surface area (Å²) in [7, 11) is 1.41. The summed E-state index contributed by atoms with van der Waals surface area (Å²) < 4.78 is 23.2. The number of benzene rings is 1. The fraction of sp³-hybridized carbons (Fsp3) is 0.417. The third-order valence-corrected chi connectivity index (χ3v) is 5.82. The van der Waals surface area contributed by atoms with Gasteiger partial charge < -0.3 is 4.90 Å². The van der Waals surface area contributed by atoms with Crippen molar-refractivity contribution in [2.75, 3.05) is 13.1 Å². The van der Waals surface area contributed by atoms with Crippen molar-refractivity contribution in [3.8, 4) is 0 Å².